The molecular weight excluding hydrogens is 412 g/mol. The Morgan fingerprint density at radius 3 is 2.90 bits per heavy atom. The molecule has 1 unspecified atom stereocenters. The molecule has 2 amide bonds. The van der Waals surface area contributed by atoms with Crippen LogP contribution in [0.5, 0.6) is 0 Å². The Bertz CT molecular complexity index is 947. The molecular formula is C24H29ClN4O2. The second-order valence-corrected chi connectivity index (χ2v) is 9.32. The summed E-state index contributed by atoms with van der Waals surface area (Å²) in [5.41, 5.74) is 3.31. The number of aromatic nitrogens is 2. The maximum atomic E-state index is 13.4. The maximum absolute atomic E-state index is 13.4. The van der Waals surface area contributed by atoms with Gasteiger partial charge in [-0.3, -0.25) is 0 Å². The highest BCUT2D eigenvalue weighted by molar-refractivity contribution is 6.30. The number of hydrogen-bond acceptors (Lipinski definition) is 4. The Morgan fingerprint density at radius 2 is 2.06 bits per heavy atom. The predicted octanol–water partition coefficient (Wildman–Crippen LogP) is 4.41. The Kier molecular flexibility index (Phi) is 6.10. The third-order valence-corrected chi connectivity index (χ3v) is 7.05. The number of carbonyl (C=O) groups is 1. The number of rotatable bonds is 3. The summed E-state index contributed by atoms with van der Waals surface area (Å²) in [5, 5.41) is 0.720. The van der Waals surface area contributed by atoms with Crippen LogP contribution in [0.4, 0.5) is 4.79 Å². The van der Waals surface area contributed by atoms with Crippen LogP contribution in [0.25, 0.3) is 0 Å². The summed E-state index contributed by atoms with van der Waals surface area (Å²) in [7, 11) is 0. The summed E-state index contributed by atoms with van der Waals surface area (Å²) in [5.74, 6) is 1.49. The minimum absolute atomic E-state index is 0.0991. The van der Waals surface area contributed by atoms with E-state index in [2.05, 4.69) is 11.1 Å². The zero-order valence-corrected chi connectivity index (χ0v) is 18.6. The van der Waals surface area contributed by atoms with E-state index < -0.39 is 0 Å². The molecule has 31 heavy (non-hydrogen) atoms. The molecule has 7 heteroatoms. The van der Waals surface area contributed by atoms with E-state index >= 15 is 0 Å². The summed E-state index contributed by atoms with van der Waals surface area (Å²) in [6.07, 6.45) is 7.83. The Labute approximate surface area is 188 Å². The normalized spacial score (nSPS) is 21.9. The molecule has 2 aromatic rings. The lowest BCUT2D eigenvalue weighted by atomic mass is 9.96. The molecule has 3 aliphatic rings. The van der Waals surface area contributed by atoms with E-state index in [1.54, 1.807) is 0 Å². The third-order valence-electron chi connectivity index (χ3n) is 6.81. The molecule has 1 atom stereocenters. The largest absolute Gasteiger partial charge is 0.381 e. The van der Waals surface area contributed by atoms with Crippen molar-refractivity contribution in [3.8, 4) is 0 Å². The molecule has 5 rings (SSSR count). The Morgan fingerprint density at radius 1 is 1.19 bits per heavy atom. The number of benzene rings is 1. The van der Waals surface area contributed by atoms with Crippen LogP contribution in [0.2, 0.25) is 5.02 Å². The monoisotopic (exact) mass is 440 g/mol. The molecule has 2 fully saturated rings. The molecule has 2 saturated heterocycles. The summed E-state index contributed by atoms with van der Waals surface area (Å²) in [6, 6.07) is 8.11. The highest BCUT2D eigenvalue weighted by Crippen LogP contribution is 2.34. The van der Waals surface area contributed by atoms with E-state index in [0.29, 0.717) is 19.0 Å². The van der Waals surface area contributed by atoms with Gasteiger partial charge in [-0.15, -0.1) is 0 Å². The topological polar surface area (TPSA) is 58.6 Å². The van der Waals surface area contributed by atoms with Gasteiger partial charge < -0.3 is 14.5 Å². The van der Waals surface area contributed by atoms with Crippen LogP contribution >= 0.6 is 11.6 Å². The van der Waals surface area contributed by atoms with Gasteiger partial charge in [0.15, 0.2) is 0 Å². The van der Waals surface area contributed by atoms with Crippen molar-refractivity contribution in [2.24, 2.45) is 5.92 Å². The highest BCUT2D eigenvalue weighted by Gasteiger charge is 2.34. The molecule has 0 radical (unpaired) electrons. The number of halogens is 1. The van der Waals surface area contributed by atoms with E-state index in [1.807, 2.05) is 34.2 Å². The van der Waals surface area contributed by atoms with Crippen molar-refractivity contribution in [1.29, 1.82) is 0 Å². The number of carbonyl (C=O) groups excluding carboxylic acids is 1. The number of hydrogen-bond donors (Lipinski definition) is 0. The van der Waals surface area contributed by atoms with Crippen LogP contribution in [0.15, 0.2) is 30.5 Å². The maximum Gasteiger partial charge on any atom is 0.320 e. The fourth-order valence-electron chi connectivity index (χ4n) is 5.05. The van der Waals surface area contributed by atoms with E-state index in [4.69, 9.17) is 21.3 Å². The molecule has 1 aromatic heterocycles. The first-order valence-corrected chi connectivity index (χ1v) is 11.8. The van der Waals surface area contributed by atoms with Crippen LogP contribution in [-0.4, -0.2) is 52.1 Å². The molecule has 6 nitrogen and oxygen atoms in total. The zero-order chi connectivity index (χ0) is 21.2. The highest BCUT2D eigenvalue weighted by atomic mass is 35.5. The van der Waals surface area contributed by atoms with Crippen LogP contribution in [-0.2, 0) is 24.1 Å². The minimum Gasteiger partial charge on any atom is -0.381 e. The van der Waals surface area contributed by atoms with Crippen LogP contribution in [0.3, 0.4) is 0 Å². The number of amides is 2. The van der Waals surface area contributed by atoms with E-state index in [-0.39, 0.29) is 12.1 Å². The lowest BCUT2D eigenvalue weighted by molar-refractivity contribution is 0.0659. The quantitative estimate of drug-likeness (QED) is 0.709. The molecule has 164 valence electrons. The Balaban J connectivity index is 1.29. The predicted molar refractivity (Wildman–Crippen MR) is 119 cm³/mol. The van der Waals surface area contributed by atoms with Gasteiger partial charge in [0.2, 0.25) is 0 Å². The lowest BCUT2D eigenvalue weighted by Gasteiger charge is -2.34. The standard InChI is InChI=1S/C24H29ClN4O2/c25-20-4-1-3-18(14-20)22-5-2-9-29(22)24(30)28-10-6-19-15-26-23(27-21(19)16-28)13-17-7-11-31-12-8-17/h1,3-4,14-15,17,22H,2,5-13,16H2. The van der Waals surface area contributed by atoms with Crippen molar-refractivity contribution in [3.63, 3.8) is 0 Å². The zero-order valence-electron chi connectivity index (χ0n) is 17.8. The minimum atomic E-state index is 0.0991. The lowest BCUT2D eigenvalue weighted by Crippen LogP contribution is -2.45. The van der Waals surface area contributed by atoms with Gasteiger partial charge in [0.25, 0.3) is 0 Å². The second-order valence-electron chi connectivity index (χ2n) is 8.88. The molecule has 3 aliphatic heterocycles. The van der Waals surface area contributed by atoms with Gasteiger partial charge in [0.1, 0.15) is 5.82 Å². The fraction of sp³-hybridized carbons (Fsp3) is 0.542. The van der Waals surface area contributed by atoms with Crippen molar-refractivity contribution in [1.82, 2.24) is 19.8 Å². The summed E-state index contributed by atoms with van der Waals surface area (Å²) in [6.45, 7) is 3.74. The van der Waals surface area contributed by atoms with Crippen LogP contribution < -0.4 is 0 Å². The van der Waals surface area contributed by atoms with Crippen LogP contribution in [0, 0.1) is 5.92 Å². The smallest absolute Gasteiger partial charge is 0.320 e. The number of urea groups is 1. The number of likely N-dealkylation sites (tertiary alicyclic amines) is 1. The van der Waals surface area contributed by atoms with E-state index in [0.717, 1.165) is 80.4 Å². The molecule has 0 bridgehead atoms. The first-order valence-electron chi connectivity index (χ1n) is 11.4. The second kappa shape index (κ2) is 9.13. The van der Waals surface area contributed by atoms with Gasteiger partial charge >= 0.3 is 6.03 Å². The molecule has 0 aliphatic carbocycles. The molecule has 4 heterocycles. The third kappa shape index (κ3) is 4.55. The summed E-state index contributed by atoms with van der Waals surface area (Å²) in [4.78, 5) is 26.9. The van der Waals surface area contributed by atoms with Gasteiger partial charge in [-0.05, 0) is 61.3 Å². The van der Waals surface area contributed by atoms with Crippen molar-refractivity contribution in [2.75, 3.05) is 26.3 Å². The first kappa shape index (κ1) is 20.7. The van der Waals surface area contributed by atoms with Gasteiger partial charge in [0.05, 0.1) is 18.3 Å². The van der Waals surface area contributed by atoms with Gasteiger partial charge in [-0.1, -0.05) is 23.7 Å². The molecule has 0 N–H and O–H groups in total. The van der Waals surface area contributed by atoms with Crippen molar-refractivity contribution in [2.45, 2.75) is 51.1 Å². The van der Waals surface area contributed by atoms with Crippen molar-refractivity contribution < 1.29 is 9.53 Å². The summed E-state index contributed by atoms with van der Waals surface area (Å²) >= 11 is 6.21. The molecule has 0 spiro atoms. The number of fused-ring (bicyclic) bond motifs is 1. The number of nitrogens with zero attached hydrogens (tertiary/aromatic N) is 4. The molecule has 1 aromatic carbocycles. The van der Waals surface area contributed by atoms with Gasteiger partial charge in [0, 0.05) is 43.9 Å². The first-order chi connectivity index (χ1) is 15.2. The van der Waals surface area contributed by atoms with Crippen molar-refractivity contribution >= 4 is 17.6 Å². The SMILES string of the molecule is O=C(N1CCc2cnc(CC3CCOCC3)nc2C1)N1CCCC1c1cccc(Cl)c1. The van der Waals surface area contributed by atoms with E-state index in [1.165, 1.54) is 5.56 Å². The number of ether oxygens (including phenoxy) is 1. The summed E-state index contributed by atoms with van der Waals surface area (Å²) < 4.78 is 5.47. The average Bonchev–Trinajstić information content (AvgIpc) is 3.29. The van der Waals surface area contributed by atoms with Gasteiger partial charge in [-0.25, -0.2) is 14.8 Å². The average molecular weight is 441 g/mol. The van der Waals surface area contributed by atoms with E-state index in [9.17, 15) is 4.79 Å². The van der Waals surface area contributed by atoms with Crippen LogP contribution in [0.1, 0.15) is 54.4 Å². The fourth-order valence-corrected chi connectivity index (χ4v) is 5.25. The molecule has 0 saturated carbocycles. The Hall–Kier alpha value is -2.18. The van der Waals surface area contributed by atoms with Crippen molar-refractivity contribution in [3.05, 3.63) is 58.1 Å². The van der Waals surface area contributed by atoms with Gasteiger partial charge in [-0.2, -0.15) is 0 Å².